The fourth-order valence-corrected chi connectivity index (χ4v) is 3.08. The third-order valence-corrected chi connectivity index (χ3v) is 4.47. The number of aromatic nitrogens is 4. The third kappa shape index (κ3) is 3.76. The second-order valence-electron chi connectivity index (χ2n) is 6.60. The van der Waals surface area contributed by atoms with Gasteiger partial charge in [-0.2, -0.15) is 0 Å². The average molecular weight is 336 g/mol. The van der Waals surface area contributed by atoms with Crippen molar-refractivity contribution in [1.82, 2.24) is 19.9 Å². The third-order valence-electron chi connectivity index (χ3n) is 4.47. The predicted molar refractivity (Wildman–Crippen MR) is 100 cm³/mol. The Morgan fingerprint density at radius 2 is 1.84 bits per heavy atom. The smallest absolute Gasteiger partial charge is 0.254 e. The number of aryl methyl sites for hydroxylation is 3. The monoisotopic (exact) mass is 336 g/mol. The number of aromatic amines is 1. The molecule has 0 unspecified atom stereocenters. The van der Waals surface area contributed by atoms with Crippen LogP contribution in [0, 0.1) is 20.8 Å². The molecule has 0 saturated carbocycles. The molecule has 5 heteroatoms. The Balaban J connectivity index is 1.93. The lowest BCUT2D eigenvalue weighted by Crippen LogP contribution is -2.19. The van der Waals surface area contributed by atoms with Gasteiger partial charge in [0.05, 0.1) is 11.9 Å². The van der Waals surface area contributed by atoms with E-state index in [9.17, 15) is 4.79 Å². The van der Waals surface area contributed by atoms with Crippen LogP contribution in [0.25, 0.3) is 10.9 Å². The van der Waals surface area contributed by atoms with Crippen LogP contribution in [0.1, 0.15) is 53.9 Å². The number of benzene rings is 1. The van der Waals surface area contributed by atoms with Crippen LogP contribution in [-0.2, 0) is 12.8 Å². The van der Waals surface area contributed by atoms with Gasteiger partial charge >= 0.3 is 0 Å². The molecule has 1 N–H and O–H groups in total. The molecule has 2 aromatic heterocycles. The number of rotatable bonds is 5. The molecule has 2 heterocycles. The van der Waals surface area contributed by atoms with Gasteiger partial charge in [0.25, 0.3) is 5.56 Å². The van der Waals surface area contributed by atoms with Crippen molar-refractivity contribution in [1.29, 1.82) is 0 Å². The van der Waals surface area contributed by atoms with E-state index in [1.165, 1.54) is 5.56 Å². The van der Waals surface area contributed by atoms with Crippen molar-refractivity contribution in [2.45, 2.75) is 53.4 Å². The largest absolute Gasteiger partial charge is 0.310 e. The molecule has 0 atom stereocenters. The molecule has 1 aromatic carbocycles. The van der Waals surface area contributed by atoms with E-state index in [0.29, 0.717) is 18.1 Å². The summed E-state index contributed by atoms with van der Waals surface area (Å²) in [6.07, 6.45) is 3.26. The van der Waals surface area contributed by atoms with Gasteiger partial charge in [0.15, 0.2) is 0 Å². The number of hydrogen-bond donors (Lipinski definition) is 1. The zero-order chi connectivity index (χ0) is 18.0. The molecule has 0 spiro atoms. The summed E-state index contributed by atoms with van der Waals surface area (Å²) in [5, 5.41) is 1.07. The summed E-state index contributed by atoms with van der Waals surface area (Å²) in [6.45, 7) is 8.07. The highest BCUT2D eigenvalue weighted by Crippen LogP contribution is 2.17. The van der Waals surface area contributed by atoms with Crippen LogP contribution < -0.4 is 5.56 Å². The molecule has 0 aliphatic rings. The number of fused-ring (bicyclic) bond motifs is 1. The predicted octanol–water partition coefficient (Wildman–Crippen LogP) is 3.57. The summed E-state index contributed by atoms with van der Waals surface area (Å²) >= 11 is 0. The van der Waals surface area contributed by atoms with Crippen LogP contribution in [0.2, 0.25) is 0 Å². The standard InChI is InChI=1S/C20H24N4O/c1-5-6-7-15-13(3)21-19(24-20(15)25)11-18-22-14(4)16-10-12(2)8-9-17(16)23-18/h8-10H,5-7,11H2,1-4H3,(H,21,24,25). The van der Waals surface area contributed by atoms with E-state index >= 15 is 0 Å². The Morgan fingerprint density at radius 1 is 1.04 bits per heavy atom. The minimum absolute atomic E-state index is 0.0379. The number of H-pyrrole nitrogens is 1. The summed E-state index contributed by atoms with van der Waals surface area (Å²) in [7, 11) is 0. The van der Waals surface area contributed by atoms with Crippen LogP contribution in [0.3, 0.4) is 0 Å². The lowest BCUT2D eigenvalue weighted by Gasteiger charge is -2.08. The first-order valence-electron chi connectivity index (χ1n) is 8.80. The Bertz CT molecular complexity index is 975. The molecule has 130 valence electrons. The topological polar surface area (TPSA) is 71.5 Å². The molecule has 0 saturated heterocycles. The molecule has 25 heavy (non-hydrogen) atoms. The molecule has 0 fully saturated rings. The van der Waals surface area contributed by atoms with E-state index in [1.54, 1.807) is 0 Å². The maximum absolute atomic E-state index is 12.3. The summed E-state index contributed by atoms with van der Waals surface area (Å²) in [4.78, 5) is 29.0. The van der Waals surface area contributed by atoms with Gasteiger partial charge in [-0.15, -0.1) is 0 Å². The Morgan fingerprint density at radius 3 is 2.56 bits per heavy atom. The highest BCUT2D eigenvalue weighted by molar-refractivity contribution is 5.81. The van der Waals surface area contributed by atoms with Crippen molar-refractivity contribution in [3.05, 3.63) is 62.7 Å². The molecule has 0 aliphatic heterocycles. The quantitative estimate of drug-likeness (QED) is 0.773. The molecule has 3 rings (SSSR count). The summed E-state index contributed by atoms with van der Waals surface area (Å²) in [5.74, 6) is 1.30. The minimum Gasteiger partial charge on any atom is -0.310 e. The zero-order valence-electron chi connectivity index (χ0n) is 15.3. The number of unbranched alkanes of at least 4 members (excludes halogenated alkanes) is 1. The fourth-order valence-electron chi connectivity index (χ4n) is 3.08. The van der Waals surface area contributed by atoms with Gasteiger partial charge in [0, 0.05) is 22.3 Å². The van der Waals surface area contributed by atoms with Crippen LogP contribution in [0.4, 0.5) is 0 Å². The van der Waals surface area contributed by atoms with Gasteiger partial charge in [0.2, 0.25) is 0 Å². The van der Waals surface area contributed by atoms with Crippen molar-refractivity contribution in [2.75, 3.05) is 0 Å². The molecule has 3 aromatic rings. The molecular weight excluding hydrogens is 312 g/mol. The molecule has 5 nitrogen and oxygen atoms in total. The van der Waals surface area contributed by atoms with E-state index in [4.69, 9.17) is 0 Å². The first kappa shape index (κ1) is 17.3. The summed E-state index contributed by atoms with van der Waals surface area (Å²) in [6, 6.07) is 6.16. The molecule has 0 radical (unpaired) electrons. The van der Waals surface area contributed by atoms with Crippen molar-refractivity contribution in [2.24, 2.45) is 0 Å². The lowest BCUT2D eigenvalue weighted by atomic mass is 10.1. The van der Waals surface area contributed by atoms with Gasteiger partial charge in [-0.3, -0.25) is 4.79 Å². The number of nitrogens with one attached hydrogen (secondary N) is 1. The second-order valence-corrected chi connectivity index (χ2v) is 6.60. The van der Waals surface area contributed by atoms with Crippen molar-refractivity contribution < 1.29 is 0 Å². The molecule has 0 bridgehead atoms. The highest BCUT2D eigenvalue weighted by Gasteiger charge is 2.11. The van der Waals surface area contributed by atoms with Crippen LogP contribution in [0.15, 0.2) is 23.0 Å². The number of hydrogen-bond acceptors (Lipinski definition) is 4. The highest BCUT2D eigenvalue weighted by atomic mass is 16.1. The van der Waals surface area contributed by atoms with E-state index < -0.39 is 0 Å². The van der Waals surface area contributed by atoms with Crippen LogP contribution in [0.5, 0.6) is 0 Å². The Kier molecular flexibility index (Phi) is 4.93. The first-order chi connectivity index (χ1) is 12.0. The second kappa shape index (κ2) is 7.13. The van der Waals surface area contributed by atoms with Crippen LogP contribution in [-0.4, -0.2) is 19.9 Å². The Labute approximate surface area is 147 Å². The molecule has 0 aliphatic carbocycles. The summed E-state index contributed by atoms with van der Waals surface area (Å²) < 4.78 is 0. The maximum Gasteiger partial charge on any atom is 0.254 e. The molecule has 0 amide bonds. The van der Waals surface area contributed by atoms with Gasteiger partial charge in [-0.1, -0.05) is 25.0 Å². The normalized spacial score (nSPS) is 11.2. The lowest BCUT2D eigenvalue weighted by molar-refractivity contribution is 0.761. The van der Waals surface area contributed by atoms with E-state index in [0.717, 1.165) is 47.1 Å². The maximum atomic E-state index is 12.3. The minimum atomic E-state index is -0.0379. The van der Waals surface area contributed by atoms with Crippen molar-refractivity contribution >= 4 is 10.9 Å². The molecular formula is C20H24N4O. The van der Waals surface area contributed by atoms with Gasteiger partial charge in [-0.25, -0.2) is 15.0 Å². The van der Waals surface area contributed by atoms with Gasteiger partial charge in [0.1, 0.15) is 11.6 Å². The van der Waals surface area contributed by atoms with Crippen molar-refractivity contribution in [3.8, 4) is 0 Å². The van der Waals surface area contributed by atoms with Gasteiger partial charge < -0.3 is 4.98 Å². The Hall–Kier alpha value is -2.56. The van der Waals surface area contributed by atoms with E-state index in [-0.39, 0.29) is 5.56 Å². The van der Waals surface area contributed by atoms with E-state index in [2.05, 4.69) is 39.8 Å². The van der Waals surface area contributed by atoms with Crippen LogP contribution >= 0.6 is 0 Å². The first-order valence-corrected chi connectivity index (χ1v) is 8.80. The zero-order valence-corrected chi connectivity index (χ0v) is 15.3. The average Bonchev–Trinajstić information content (AvgIpc) is 2.55. The van der Waals surface area contributed by atoms with Crippen molar-refractivity contribution in [3.63, 3.8) is 0 Å². The number of nitrogens with zero attached hydrogens (tertiary/aromatic N) is 3. The fraction of sp³-hybridized carbons (Fsp3) is 0.400. The SMILES string of the molecule is CCCCc1c(C)nc(Cc2nc(C)c3cc(C)ccc3n2)[nH]c1=O. The van der Waals surface area contributed by atoms with Gasteiger partial charge in [-0.05, 0) is 45.7 Å². The summed E-state index contributed by atoms with van der Waals surface area (Å²) in [5.41, 5.74) is 4.62. The van der Waals surface area contributed by atoms with E-state index in [1.807, 2.05) is 26.0 Å².